The van der Waals surface area contributed by atoms with Crippen molar-refractivity contribution >= 4 is 28.3 Å². The van der Waals surface area contributed by atoms with Gasteiger partial charge >= 0.3 is 0 Å². The Morgan fingerprint density at radius 1 is 1.25 bits per heavy atom. The van der Waals surface area contributed by atoms with E-state index in [2.05, 4.69) is 22.5 Å². The average Bonchev–Trinajstić information content (AvgIpc) is 2.48. The molecule has 0 spiro atoms. The Morgan fingerprint density at radius 3 is 2.80 bits per heavy atom. The van der Waals surface area contributed by atoms with Crippen molar-refractivity contribution in [3.8, 4) is 0 Å². The van der Waals surface area contributed by atoms with Crippen LogP contribution in [0.3, 0.4) is 0 Å². The van der Waals surface area contributed by atoms with Crippen molar-refractivity contribution in [2.24, 2.45) is 11.8 Å². The van der Waals surface area contributed by atoms with Gasteiger partial charge in [0.15, 0.2) is 0 Å². The number of aromatic nitrogens is 1. The number of nitrogens with one attached hydrogen (secondary N) is 1. The van der Waals surface area contributed by atoms with E-state index in [9.17, 15) is 0 Å². The first-order valence-corrected chi connectivity index (χ1v) is 7.70. The highest BCUT2D eigenvalue weighted by Crippen LogP contribution is 2.31. The van der Waals surface area contributed by atoms with Gasteiger partial charge in [-0.3, -0.25) is 0 Å². The van der Waals surface area contributed by atoms with Crippen molar-refractivity contribution in [3.05, 3.63) is 34.9 Å². The number of rotatable bonds is 3. The van der Waals surface area contributed by atoms with Crippen LogP contribution >= 0.6 is 11.6 Å². The van der Waals surface area contributed by atoms with Crippen LogP contribution in [0.1, 0.15) is 37.7 Å². The first kappa shape index (κ1) is 13.7. The molecule has 0 radical (unpaired) electrons. The lowest BCUT2D eigenvalue weighted by Gasteiger charge is -2.22. The number of pyridine rings is 1. The maximum absolute atomic E-state index is 6.20. The van der Waals surface area contributed by atoms with Crippen molar-refractivity contribution < 1.29 is 0 Å². The third kappa shape index (κ3) is 2.74. The summed E-state index contributed by atoms with van der Waals surface area (Å²) >= 11 is 6.20. The third-order valence-corrected chi connectivity index (χ3v) is 4.55. The number of benzene rings is 1. The first-order valence-electron chi connectivity index (χ1n) is 7.32. The maximum atomic E-state index is 6.20. The number of anilines is 1. The zero-order chi connectivity index (χ0) is 13.9. The molecule has 1 saturated carbocycles. The standard InChI is InChI=1S/C16H20ClN3/c17-14-8-4-7-12-10-13(16(20-18)19-15(12)14)9-11-5-2-1-3-6-11/h4,7-8,10-11H,1-3,5-6,9,18H2,(H,19,20). The van der Waals surface area contributed by atoms with Gasteiger partial charge in [-0.05, 0) is 30.0 Å². The predicted molar refractivity (Wildman–Crippen MR) is 84.8 cm³/mol. The minimum Gasteiger partial charge on any atom is -0.308 e. The van der Waals surface area contributed by atoms with Crippen LogP contribution in [0.15, 0.2) is 24.3 Å². The second-order valence-corrected chi connectivity index (χ2v) is 6.07. The fourth-order valence-electron chi connectivity index (χ4n) is 3.19. The van der Waals surface area contributed by atoms with Gasteiger partial charge in [0.2, 0.25) is 0 Å². The molecule has 0 aliphatic heterocycles. The van der Waals surface area contributed by atoms with Crippen molar-refractivity contribution in [2.45, 2.75) is 38.5 Å². The second kappa shape index (κ2) is 5.98. The predicted octanol–water partition coefficient (Wildman–Crippen LogP) is 4.30. The van der Waals surface area contributed by atoms with Crippen LogP contribution in [-0.4, -0.2) is 4.98 Å². The van der Waals surface area contributed by atoms with Crippen LogP contribution in [0, 0.1) is 5.92 Å². The molecule has 1 fully saturated rings. The molecule has 0 bridgehead atoms. The van der Waals surface area contributed by atoms with Crippen molar-refractivity contribution in [3.63, 3.8) is 0 Å². The van der Waals surface area contributed by atoms with E-state index >= 15 is 0 Å². The average molecular weight is 290 g/mol. The molecule has 0 atom stereocenters. The summed E-state index contributed by atoms with van der Waals surface area (Å²) in [6, 6.07) is 8.06. The van der Waals surface area contributed by atoms with Crippen LogP contribution in [0.4, 0.5) is 5.82 Å². The van der Waals surface area contributed by atoms with Gasteiger partial charge in [-0.15, -0.1) is 0 Å². The van der Waals surface area contributed by atoms with E-state index in [1.165, 1.54) is 37.7 Å². The van der Waals surface area contributed by atoms with E-state index in [-0.39, 0.29) is 0 Å². The Bertz CT molecular complexity index is 606. The molecule has 4 heteroatoms. The number of para-hydroxylation sites is 1. The molecule has 3 N–H and O–H groups in total. The molecule has 0 unspecified atom stereocenters. The van der Waals surface area contributed by atoms with Gasteiger partial charge in [0.05, 0.1) is 10.5 Å². The Kier molecular flexibility index (Phi) is 4.08. The van der Waals surface area contributed by atoms with E-state index in [0.717, 1.165) is 29.1 Å². The van der Waals surface area contributed by atoms with Gasteiger partial charge in [0.25, 0.3) is 0 Å². The number of halogens is 1. The summed E-state index contributed by atoms with van der Waals surface area (Å²) in [5, 5.41) is 1.76. The van der Waals surface area contributed by atoms with Crippen LogP contribution in [0.25, 0.3) is 10.9 Å². The highest BCUT2D eigenvalue weighted by atomic mass is 35.5. The van der Waals surface area contributed by atoms with Crippen LogP contribution in [0.2, 0.25) is 5.02 Å². The summed E-state index contributed by atoms with van der Waals surface area (Å²) in [6.45, 7) is 0. The van der Waals surface area contributed by atoms with Gasteiger partial charge in [-0.25, -0.2) is 10.8 Å². The number of hydrogen-bond donors (Lipinski definition) is 2. The molecule has 1 aliphatic rings. The zero-order valence-corrected chi connectivity index (χ0v) is 12.3. The quantitative estimate of drug-likeness (QED) is 0.654. The SMILES string of the molecule is NNc1nc2c(Cl)cccc2cc1CC1CCCCC1. The van der Waals surface area contributed by atoms with Crippen LogP contribution in [-0.2, 0) is 6.42 Å². The van der Waals surface area contributed by atoms with Gasteiger partial charge in [0.1, 0.15) is 5.82 Å². The second-order valence-electron chi connectivity index (χ2n) is 5.66. The summed E-state index contributed by atoms with van der Waals surface area (Å²) < 4.78 is 0. The zero-order valence-electron chi connectivity index (χ0n) is 11.5. The fraction of sp³-hybridized carbons (Fsp3) is 0.438. The van der Waals surface area contributed by atoms with E-state index in [0.29, 0.717) is 5.02 Å². The van der Waals surface area contributed by atoms with Gasteiger partial charge in [0, 0.05) is 5.39 Å². The topological polar surface area (TPSA) is 50.9 Å². The number of hydrazine groups is 1. The van der Waals surface area contributed by atoms with E-state index in [1.54, 1.807) is 0 Å². The summed E-state index contributed by atoms with van der Waals surface area (Å²) in [5.74, 6) is 7.16. The minimum atomic E-state index is 0.670. The summed E-state index contributed by atoms with van der Waals surface area (Å²) in [6.07, 6.45) is 7.76. The van der Waals surface area contributed by atoms with Crippen molar-refractivity contribution in [2.75, 3.05) is 5.43 Å². The Hall–Kier alpha value is -1.32. The van der Waals surface area contributed by atoms with Crippen molar-refractivity contribution in [1.29, 1.82) is 0 Å². The number of nitrogens with two attached hydrogens (primary N) is 1. The molecule has 3 nitrogen and oxygen atoms in total. The normalized spacial score (nSPS) is 16.5. The molecule has 106 valence electrons. The summed E-state index contributed by atoms with van der Waals surface area (Å²) in [4.78, 5) is 4.59. The smallest absolute Gasteiger partial charge is 0.143 e. The lowest BCUT2D eigenvalue weighted by atomic mass is 9.85. The largest absolute Gasteiger partial charge is 0.308 e. The van der Waals surface area contributed by atoms with Crippen molar-refractivity contribution in [1.82, 2.24) is 4.98 Å². The van der Waals surface area contributed by atoms with Gasteiger partial charge < -0.3 is 5.43 Å². The van der Waals surface area contributed by atoms with Gasteiger partial charge in [-0.1, -0.05) is 55.8 Å². The molecule has 0 amide bonds. The van der Waals surface area contributed by atoms with Crippen LogP contribution < -0.4 is 11.3 Å². The lowest BCUT2D eigenvalue weighted by Crippen LogP contribution is -2.15. The fourth-order valence-corrected chi connectivity index (χ4v) is 3.41. The molecule has 1 aromatic heterocycles. The molecule has 2 aromatic rings. The van der Waals surface area contributed by atoms with Gasteiger partial charge in [-0.2, -0.15) is 0 Å². The molecule has 20 heavy (non-hydrogen) atoms. The van der Waals surface area contributed by atoms with E-state index in [4.69, 9.17) is 17.4 Å². The molecular formula is C16H20ClN3. The molecule has 1 aromatic carbocycles. The highest BCUT2D eigenvalue weighted by molar-refractivity contribution is 6.35. The number of nitrogen functional groups attached to an aromatic ring is 1. The van der Waals surface area contributed by atoms with E-state index in [1.807, 2.05) is 12.1 Å². The summed E-state index contributed by atoms with van der Waals surface area (Å²) in [5.41, 5.74) is 4.75. The first-order chi connectivity index (χ1) is 9.78. The minimum absolute atomic E-state index is 0.670. The Balaban J connectivity index is 1.96. The highest BCUT2D eigenvalue weighted by Gasteiger charge is 2.17. The number of fused-ring (bicyclic) bond motifs is 1. The number of hydrogen-bond acceptors (Lipinski definition) is 3. The maximum Gasteiger partial charge on any atom is 0.143 e. The molecule has 0 saturated heterocycles. The Labute approximate surface area is 124 Å². The van der Waals surface area contributed by atoms with Crippen LogP contribution in [0.5, 0.6) is 0 Å². The number of nitrogens with zero attached hydrogens (tertiary/aromatic N) is 1. The lowest BCUT2D eigenvalue weighted by molar-refractivity contribution is 0.357. The monoisotopic (exact) mass is 289 g/mol. The van der Waals surface area contributed by atoms with E-state index < -0.39 is 0 Å². The molecule has 3 rings (SSSR count). The Morgan fingerprint density at radius 2 is 2.05 bits per heavy atom. The molecule has 1 aliphatic carbocycles. The molecular weight excluding hydrogens is 270 g/mol. The third-order valence-electron chi connectivity index (χ3n) is 4.25. The summed E-state index contributed by atoms with van der Waals surface area (Å²) in [7, 11) is 0. The molecule has 1 heterocycles.